The van der Waals surface area contributed by atoms with Crippen molar-refractivity contribution in [2.75, 3.05) is 0 Å². The van der Waals surface area contributed by atoms with Crippen LogP contribution < -0.4 is 5.32 Å². The van der Waals surface area contributed by atoms with Gasteiger partial charge in [-0.25, -0.2) is 0 Å². The highest BCUT2D eigenvalue weighted by Crippen LogP contribution is 2.61. The maximum absolute atomic E-state index is 13.5. The molecule has 4 bridgehead atoms. The van der Waals surface area contributed by atoms with E-state index in [2.05, 4.69) is 12.2 Å². The highest BCUT2D eigenvalue weighted by atomic mass is 16.6. The first-order valence-electron chi connectivity index (χ1n) is 12.6. The number of rotatable bonds is 5. The molecule has 4 fully saturated rings. The molecule has 1 atom stereocenters. The molecule has 0 aliphatic heterocycles. The van der Waals surface area contributed by atoms with Crippen molar-refractivity contribution < 1.29 is 19.3 Å². The summed E-state index contributed by atoms with van der Waals surface area (Å²) in [4.78, 5) is 51.3. The smallest absolute Gasteiger partial charge is 0.294 e. The van der Waals surface area contributed by atoms with Crippen LogP contribution >= 0.6 is 0 Å². The number of nitro benzene ring substituents is 1. The van der Waals surface area contributed by atoms with Crippen LogP contribution in [0.5, 0.6) is 0 Å². The van der Waals surface area contributed by atoms with Gasteiger partial charge in [0.05, 0.1) is 4.92 Å². The number of ketones is 2. The van der Waals surface area contributed by atoms with E-state index >= 15 is 0 Å². The lowest BCUT2D eigenvalue weighted by molar-refractivity contribution is -0.385. The van der Waals surface area contributed by atoms with Crippen LogP contribution in [-0.4, -0.2) is 28.4 Å². The number of hydrogen-bond acceptors (Lipinski definition) is 5. The summed E-state index contributed by atoms with van der Waals surface area (Å²) >= 11 is 0. The number of carbonyl (C=O) groups is 3. The fraction of sp³-hybridized carbons (Fsp3) is 0.464. The lowest BCUT2D eigenvalue weighted by Gasteiger charge is -2.59. The Morgan fingerprint density at radius 3 is 2.09 bits per heavy atom. The minimum absolute atomic E-state index is 0.0231. The van der Waals surface area contributed by atoms with Crippen LogP contribution in [0.1, 0.15) is 94.1 Å². The first kappa shape index (κ1) is 22.1. The molecule has 35 heavy (non-hydrogen) atoms. The van der Waals surface area contributed by atoms with Crippen molar-refractivity contribution >= 4 is 23.2 Å². The molecule has 0 unspecified atom stereocenters. The first-order chi connectivity index (χ1) is 16.8. The van der Waals surface area contributed by atoms with Crippen molar-refractivity contribution in [2.45, 2.75) is 57.9 Å². The Morgan fingerprint density at radius 1 is 0.971 bits per heavy atom. The van der Waals surface area contributed by atoms with E-state index in [1.54, 1.807) is 18.2 Å². The molecule has 0 spiro atoms. The average molecular weight is 473 g/mol. The molecule has 0 radical (unpaired) electrons. The van der Waals surface area contributed by atoms with Crippen molar-refractivity contribution in [3.8, 4) is 0 Å². The van der Waals surface area contributed by atoms with E-state index in [0.29, 0.717) is 17.8 Å². The van der Waals surface area contributed by atoms with E-state index in [4.69, 9.17) is 0 Å². The highest BCUT2D eigenvalue weighted by Gasteiger charge is 2.54. The number of fused-ring (bicyclic) bond motifs is 2. The van der Waals surface area contributed by atoms with Crippen LogP contribution in [0, 0.1) is 33.3 Å². The van der Waals surface area contributed by atoms with Crippen LogP contribution in [0.3, 0.4) is 0 Å². The minimum atomic E-state index is -0.696. The molecule has 5 aliphatic carbocycles. The average Bonchev–Trinajstić information content (AvgIpc) is 2.83. The predicted octanol–water partition coefficient (Wildman–Crippen LogP) is 5.10. The van der Waals surface area contributed by atoms with Crippen LogP contribution in [0.25, 0.3) is 0 Å². The summed E-state index contributed by atoms with van der Waals surface area (Å²) in [5.41, 5.74) is -0.632. The van der Waals surface area contributed by atoms with Crippen LogP contribution in [0.4, 0.5) is 5.69 Å². The molecular weight excluding hydrogens is 444 g/mol. The van der Waals surface area contributed by atoms with Gasteiger partial charge in [0.15, 0.2) is 5.78 Å². The molecule has 1 N–H and O–H groups in total. The normalized spacial score (nSPS) is 28.9. The Bertz CT molecular complexity index is 1260. The van der Waals surface area contributed by atoms with Gasteiger partial charge in [0, 0.05) is 22.7 Å². The minimum Gasteiger partial charge on any atom is -0.349 e. The molecule has 0 saturated heterocycles. The number of amides is 1. The molecule has 7 rings (SSSR count). The quantitative estimate of drug-likeness (QED) is 0.411. The van der Waals surface area contributed by atoms with Crippen LogP contribution in [-0.2, 0) is 0 Å². The number of nitrogens with zero attached hydrogens (tertiary/aromatic N) is 1. The van der Waals surface area contributed by atoms with Gasteiger partial charge < -0.3 is 5.32 Å². The number of carbonyl (C=O) groups excluding carboxylic acids is 3. The Labute approximate surface area is 203 Å². The van der Waals surface area contributed by atoms with E-state index in [1.807, 2.05) is 0 Å². The van der Waals surface area contributed by atoms with Gasteiger partial charge in [-0.15, -0.1) is 0 Å². The molecule has 5 aliphatic rings. The molecule has 2 aromatic carbocycles. The summed E-state index contributed by atoms with van der Waals surface area (Å²) in [7, 11) is 0. The zero-order chi connectivity index (χ0) is 24.5. The van der Waals surface area contributed by atoms with Crippen molar-refractivity contribution in [3.63, 3.8) is 0 Å². The van der Waals surface area contributed by atoms with Gasteiger partial charge in [-0.2, -0.15) is 0 Å². The lowest BCUT2D eigenvalue weighted by atomic mass is 9.47. The van der Waals surface area contributed by atoms with E-state index in [-0.39, 0.29) is 39.3 Å². The number of nitro groups is 1. The first-order valence-corrected chi connectivity index (χ1v) is 12.6. The van der Waals surface area contributed by atoms with Gasteiger partial charge in [-0.1, -0.05) is 31.2 Å². The third-order valence-corrected chi connectivity index (χ3v) is 9.03. The SMILES string of the molecule is CC[C@H](NC(=O)c1ccc2c(c1[N+](=O)[O-])C(=O)c1ccccc1C2=O)C12CC3CC(CC(C3)C1)C2. The summed E-state index contributed by atoms with van der Waals surface area (Å²) in [6.45, 7) is 2.06. The largest absolute Gasteiger partial charge is 0.349 e. The lowest BCUT2D eigenvalue weighted by Crippen LogP contribution is -2.56. The summed E-state index contributed by atoms with van der Waals surface area (Å²) in [5, 5.41) is 15.3. The molecule has 0 aromatic heterocycles. The third kappa shape index (κ3) is 3.27. The Morgan fingerprint density at radius 2 is 1.54 bits per heavy atom. The second-order valence-electron chi connectivity index (χ2n) is 11.1. The second kappa shape index (κ2) is 7.83. The van der Waals surface area contributed by atoms with Crippen molar-refractivity contribution in [2.24, 2.45) is 23.2 Å². The number of hydrogen-bond donors (Lipinski definition) is 1. The van der Waals surface area contributed by atoms with Gasteiger partial charge in [0.2, 0.25) is 5.78 Å². The summed E-state index contributed by atoms with van der Waals surface area (Å²) in [6.07, 6.45) is 7.93. The van der Waals surface area contributed by atoms with Crippen molar-refractivity contribution in [1.82, 2.24) is 5.32 Å². The third-order valence-electron chi connectivity index (χ3n) is 9.03. The zero-order valence-corrected chi connectivity index (χ0v) is 19.7. The fourth-order valence-electron chi connectivity index (χ4n) is 8.07. The molecule has 7 heteroatoms. The Hall–Kier alpha value is -3.35. The highest BCUT2D eigenvalue weighted by molar-refractivity contribution is 6.30. The van der Waals surface area contributed by atoms with Crippen molar-refractivity contribution in [1.29, 1.82) is 0 Å². The molecule has 4 saturated carbocycles. The van der Waals surface area contributed by atoms with E-state index in [1.165, 1.54) is 37.5 Å². The maximum atomic E-state index is 13.5. The Balaban J connectivity index is 1.37. The molecular formula is C28H28N2O5. The standard InChI is InChI=1S/C28H28N2O5/c1-2-22(28-12-15-9-16(13-28)11-17(10-15)14-28)29-27(33)21-8-7-20-23(24(21)30(34)35)26(32)19-6-4-3-5-18(19)25(20)31/h3-8,15-17,22H,2,9-14H2,1H3,(H,29,33)/t15?,16?,17?,22-,28?/m0/s1. The predicted molar refractivity (Wildman–Crippen MR) is 129 cm³/mol. The number of benzene rings is 2. The molecule has 180 valence electrons. The van der Waals surface area contributed by atoms with Gasteiger partial charge in [-0.3, -0.25) is 24.5 Å². The van der Waals surface area contributed by atoms with Gasteiger partial charge in [0.25, 0.3) is 11.6 Å². The topological polar surface area (TPSA) is 106 Å². The fourth-order valence-corrected chi connectivity index (χ4v) is 8.07. The second-order valence-corrected chi connectivity index (χ2v) is 11.1. The molecule has 7 nitrogen and oxygen atoms in total. The summed E-state index contributed by atoms with van der Waals surface area (Å²) < 4.78 is 0. The summed E-state index contributed by atoms with van der Waals surface area (Å²) in [6, 6.07) is 8.96. The zero-order valence-electron chi connectivity index (χ0n) is 19.7. The monoisotopic (exact) mass is 472 g/mol. The van der Waals surface area contributed by atoms with Crippen molar-refractivity contribution in [3.05, 3.63) is 74.3 Å². The number of nitrogens with one attached hydrogen (secondary N) is 1. The van der Waals surface area contributed by atoms with Crippen LogP contribution in [0.2, 0.25) is 0 Å². The Kier molecular flexibility index (Phi) is 4.95. The van der Waals surface area contributed by atoms with E-state index in [9.17, 15) is 24.5 Å². The van der Waals surface area contributed by atoms with E-state index < -0.39 is 28.1 Å². The van der Waals surface area contributed by atoms with Crippen LogP contribution in [0.15, 0.2) is 36.4 Å². The molecule has 2 aromatic rings. The molecule has 0 heterocycles. The van der Waals surface area contributed by atoms with E-state index in [0.717, 1.165) is 25.7 Å². The van der Waals surface area contributed by atoms with Gasteiger partial charge in [-0.05, 0) is 80.2 Å². The summed E-state index contributed by atoms with van der Waals surface area (Å²) in [5.74, 6) is 0.577. The van der Waals surface area contributed by atoms with Gasteiger partial charge in [0.1, 0.15) is 11.1 Å². The molecule has 1 amide bonds. The maximum Gasteiger partial charge on any atom is 0.294 e. The van der Waals surface area contributed by atoms with Gasteiger partial charge >= 0.3 is 0 Å².